The Labute approximate surface area is 119 Å². The normalized spacial score (nSPS) is 14.6. The van der Waals surface area contributed by atoms with E-state index in [1.54, 1.807) is 7.11 Å². The molecule has 19 heavy (non-hydrogen) atoms. The van der Waals surface area contributed by atoms with Gasteiger partial charge in [-0.3, -0.25) is 4.79 Å². The number of hydrogen-bond acceptors (Lipinski definition) is 3. The monoisotopic (exact) mass is 272 g/mol. The molecule has 0 radical (unpaired) electrons. The quantitative estimate of drug-likeness (QED) is 0.397. The summed E-state index contributed by atoms with van der Waals surface area (Å²) in [7, 11) is 1.62. The van der Waals surface area contributed by atoms with Gasteiger partial charge in [0.2, 0.25) is 0 Å². The predicted molar refractivity (Wildman–Crippen MR) is 79.1 cm³/mol. The van der Waals surface area contributed by atoms with Crippen molar-refractivity contribution >= 4 is 5.78 Å². The van der Waals surface area contributed by atoms with E-state index in [9.17, 15) is 4.79 Å². The van der Waals surface area contributed by atoms with Crippen molar-refractivity contribution in [3.8, 4) is 0 Å². The maximum Gasteiger partial charge on any atom is 0.146 e. The van der Waals surface area contributed by atoms with Crippen molar-refractivity contribution in [2.45, 2.75) is 59.8 Å². The molecule has 0 aromatic heterocycles. The molecule has 0 rings (SSSR count). The number of carbonyl (C=O) groups excluding carboxylic acids is 1. The molecule has 0 unspecified atom stereocenters. The summed E-state index contributed by atoms with van der Waals surface area (Å²) in [5.74, 6) is 1.77. The van der Waals surface area contributed by atoms with Crippen LogP contribution >= 0.6 is 0 Å². The predicted octanol–water partition coefficient (Wildman–Crippen LogP) is 4.05. The minimum Gasteiger partial charge on any atom is -0.359 e. The molecule has 0 fully saturated rings. The molecule has 3 nitrogen and oxygen atoms in total. The number of rotatable bonds is 12. The highest BCUT2D eigenvalue weighted by atomic mass is 16.7. The van der Waals surface area contributed by atoms with Crippen LogP contribution in [0.4, 0.5) is 0 Å². The third-order valence-electron chi connectivity index (χ3n) is 3.46. The van der Waals surface area contributed by atoms with Crippen molar-refractivity contribution in [2.75, 3.05) is 20.5 Å². The third kappa shape index (κ3) is 11.1. The fourth-order valence-electron chi connectivity index (χ4n) is 2.04. The average Bonchev–Trinajstić information content (AvgIpc) is 2.35. The maximum atomic E-state index is 12.0. The second kappa shape index (κ2) is 11.4. The van der Waals surface area contributed by atoms with Gasteiger partial charge in [-0.25, -0.2) is 0 Å². The molecule has 0 aromatic carbocycles. The fourth-order valence-corrected chi connectivity index (χ4v) is 2.04. The van der Waals surface area contributed by atoms with Gasteiger partial charge in [0.05, 0.1) is 6.61 Å². The van der Waals surface area contributed by atoms with Crippen LogP contribution in [0, 0.1) is 17.8 Å². The fraction of sp³-hybridized carbons (Fsp3) is 0.938. The summed E-state index contributed by atoms with van der Waals surface area (Å²) in [5, 5.41) is 0. The van der Waals surface area contributed by atoms with Gasteiger partial charge in [0.25, 0.3) is 0 Å². The molecule has 0 aliphatic heterocycles. The molecule has 0 spiro atoms. The molecule has 2 atom stereocenters. The van der Waals surface area contributed by atoms with Gasteiger partial charge >= 0.3 is 0 Å². The van der Waals surface area contributed by atoms with Gasteiger partial charge in [-0.2, -0.15) is 0 Å². The molecule has 0 N–H and O–H groups in total. The third-order valence-corrected chi connectivity index (χ3v) is 3.46. The zero-order valence-electron chi connectivity index (χ0n) is 13.4. The van der Waals surface area contributed by atoms with Crippen LogP contribution in [-0.2, 0) is 14.3 Å². The second-order valence-electron chi connectivity index (χ2n) is 6.11. The van der Waals surface area contributed by atoms with E-state index in [4.69, 9.17) is 9.47 Å². The number of Topliss-reactive ketones (excluding diaryl/α,β-unsaturated/α-hetero) is 1. The Balaban J connectivity index is 3.65. The van der Waals surface area contributed by atoms with Crippen LogP contribution in [0.1, 0.15) is 59.8 Å². The minimum absolute atomic E-state index is 0.214. The Morgan fingerprint density at radius 3 is 2.32 bits per heavy atom. The number of ketones is 1. The Bertz CT molecular complexity index is 226. The van der Waals surface area contributed by atoms with Gasteiger partial charge in [-0.1, -0.05) is 40.5 Å². The van der Waals surface area contributed by atoms with Crippen LogP contribution in [0.25, 0.3) is 0 Å². The minimum atomic E-state index is 0.214. The van der Waals surface area contributed by atoms with Gasteiger partial charge < -0.3 is 9.47 Å². The molecular weight excluding hydrogens is 240 g/mol. The lowest BCUT2D eigenvalue weighted by Gasteiger charge is -2.14. The molecule has 3 heteroatoms. The van der Waals surface area contributed by atoms with Crippen molar-refractivity contribution in [2.24, 2.45) is 17.8 Å². The van der Waals surface area contributed by atoms with E-state index in [1.165, 1.54) is 6.42 Å². The van der Waals surface area contributed by atoms with Gasteiger partial charge in [0, 0.05) is 19.4 Å². The molecule has 0 aromatic rings. The number of carbonyl (C=O) groups is 1. The molecule has 114 valence electrons. The highest BCUT2D eigenvalue weighted by Gasteiger charge is 2.14. The molecule has 0 heterocycles. The van der Waals surface area contributed by atoms with Crippen molar-refractivity contribution in [1.29, 1.82) is 0 Å². The van der Waals surface area contributed by atoms with Crippen LogP contribution in [0.3, 0.4) is 0 Å². The number of methoxy groups -OCH3 is 1. The summed E-state index contributed by atoms with van der Waals surface area (Å²) in [6.07, 6.45) is 5.01. The van der Waals surface area contributed by atoms with Crippen molar-refractivity contribution in [1.82, 2.24) is 0 Å². The molecule has 0 bridgehead atoms. The van der Waals surface area contributed by atoms with Crippen LogP contribution < -0.4 is 0 Å². The standard InChI is InChI=1S/C16H32O3/c1-13(2)7-6-8-15(4)16(17)10-9-14(3)11-19-12-18-5/h13-15H,6-12H2,1-5H3/t14-,15-/m1/s1. The van der Waals surface area contributed by atoms with E-state index in [1.807, 2.05) is 0 Å². The lowest BCUT2D eigenvalue weighted by Crippen LogP contribution is -2.14. The first-order chi connectivity index (χ1) is 8.97. The van der Waals surface area contributed by atoms with Crippen LogP contribution in [0.2, 0.25) is 0 Å². The molecule has 0 saturated heterocycles. The van der Waals surface area contributed by atoms with E-state index < -0.39 is 0 Å². The summed E-state index contributed by atoms with van der Waals surface area (Å²) in [5.41, 5.74) is 0. The molecule has 0 aliphatic carbocycles. The first-order valence-electron chi connectivity index (χ1n) is 7.56. The average molecular weight is 272 g/mol. The van der Waals surface area contributed by atoms with E-state index in [0.29, 0.717) is 31.5 Å². The summed E-state index contributed by atoms with van der Waals surface area (Å²) in [4.78, 5) is 12.0. The van der Waals surface area contributed by atoms with Crippen molar-refractivity contribution in [3.63, 3.8) is 0 Å². The smallest absolute Gasteiger partial charge is 0.146 e. The summed E-state index contributed by atoms with van der Waals surface area (Å²) < 4.78 is 10.1. The zero-order valence-corrected chi connectivity index (χ0v) is 13.4. The largest absolute Gasteiger partial charge is 0.359 e. The lowest BCUT2D eigenvalue weighted by atomic mass is 9.92. The summed E-state index contributed by atoms with van der Waals surface area (Å²) in [6, 6.07) is 0. The maximum absolute atomic E-state index is 12.0. The lowest BCUT2D eigenvalue weighted by molar-refractivity contribution is -0.123. The van der Waals surface area contributed by atoms with Crippen LogP contribution in [0.15, 0.2) is 0 Å². The first kappa shape index (κ1) is 18.6. The molecular formula is C16H32O3. The van der Waals surface area contributed by atoms with Crippen molar-refractivity contribution < 1.29 is 14.3 Å². The molecule has 0 aliphatic rings. The zero-order chi connectivity index (χ0) is 14.7. The first-order valence-corrected chi connectivity index (χ1v) is 7.56. The second-order valence-corrected chi connectivity index (χ2v) is 6.11. The van der Waals surface area contributed by atoms with Gasteiger partial charge in [-0.05, 0) is 24.7 Å². The summed E-state index contributed by atoms with van der Waals surface area (Å²) >= 11 is 0. The Morgan fingerprint density at radius 1 is 1.05 bits per heavy atom. The van der Waals surface area contributed by atoms with E-state index in [2.05, 4.69) is 27.7 Å². The Kier molecular flexibility index (Phi) is 11.2. The van der Waals surface area contributed by atoms with Gasteiger partial charge in [0.15, 0.2) is 0 Å². The van der Waals surface area contributed by atoms with Gasteiger partial charge in [0.1, 0.15) is 12.6 Å². The number of ether oxygens (including phenoxy) is 2. The Morgan fingerprint density at radius 2 is 1.74 bits per heavy atom. The molecule has 0 amide bonds. The highest BCUT2D eigenvalue weighted by molar-refractivity contribution is 5.80. The van der Waals surface area contributed by atoms with Crippen LogP contribution in [0.5, 0.6) is 0 Å². The molecule has 0 saturated carbocycles. The van der Waals surface area contributed by atoms with E-state index in [0.717, 1.165) is 25.2 Å². The Hall–Kier alpha value is -0.410. The van der Waals surface area contributed by atoms with E-state index in [-0.39, 0.29) is 5.92 Å². The topological polar surface area (TPSA) is 35.5 Å². The SMILES string of the molecule is COCOC[C@H](C)CCC(=O)[C@H](C)CCCC(C)C. The van der Waals surface area contributed by atoms with Crippen LogP contribution in [-0.4, -0.2) is 26.3 Å². The summed E-state index contributed by atoms with van der Waals surface area (Å²) in [6.45, 7) is 9.65. The van der Waals surface area contributed by atoms with Crippen molar-refractivity contribution in [3.05, 3.63) is 0 Å². The number of hydrogen-bond donors (Lipinski definition) is 0. The highest BCUT2D eigenvalue weighted by Crippen LogP contribution is 2.16. The van der Waals surface area contributed by atoms with E-state index >= 15 is 0 Å². The van der Waals surface area contributed by atoms with Gasteiger partial charge in [-0.15, -0.1) is 0 Å².